The largest absolute Gasteiger partial charge is 0.491 e. The first-order chi connectivity index (χ1) is 50.3. The normalized spacial score (nSPS) is 13.2. The monoisotopic (exact) mass is 1360 g/mol. The predicted molar refractivity (Wildman–Crippen MR) is 433 cm³/mol. The van der Waals surface area contributed by atoms with E-state index in [0.29, 0.717) is 66.1 Å². The zero-order chi connectivity index (χ0) is 69.5. The molecule has 0 amide bonds. The molecule has 15 aromatic rings. The van der Waals surface area contributed by atoms with Gasteiger partial charge in [0.15, 0.2) is 0 Å². The summed E-state index contributed by atoms with van der Waals surface area (Å²) in [6.45, 7) is 13.9. The van der Waals surface area contributed by atoms with E-state index < -0.39 is 0 Å². The molecule has 8 nitrogen and oxygen atoms in total. The number of ether oxygens (including phenoxy) is 8. The molecule has 2 atom stereocenters. The van der Waals surface area contributed by atoms with Gasteiger partial charge in [-0.3, -0.25) is 0 Å². The molecular weight excluding hydrogens is 1260 g/mol. The fourth-order valence-electron chi connectivity index (χ4n) is 17.6. The highest BCUT2D eigenvalue weighted by molar-refractivity contribution is 6.61. The van der Waals surface area contributed by atoms with Crippen LogP contribution >= 0.6 is 0 Å². The van der Waals surface area contributed by atoms with Crippen LogP contribution in [0.3, 0.4) is 0 Å². The first-order valence-electron chi connectivity index (χ1n) is 39.4. The summed E-state index contributed by atoms with van der Waals surface area (Å²) in [5, 5.41) is 33.3. The fraction of sp³-hybridized carbons (Fsp3) is 0.426. The Bertz CT molecular complexity index is 4840. The molecule has 0 spiro atoms. The van der Waals surface area contributed by atoms with Crippen molar-refractivity contribution in [3.63, 3.8) is 0 Å². The molecule has 530 valence electrons. The summed E-state index contributed by atoms with van der Waals surface area (Å²) in [6.07, 6.45) is 28.7. The zero-order valence-corrected chi connectivity index (χ0v) is 61.7. The van der Waals surface area contributed by atoms with Crippen LogP contribution in [0.5, 0.6) is 11.5 Å². The second kappa shape index (κ2) is 32.6. The van der Waals surface area contributed by atoms with E-state index in [4.69, 9.17) is 37.9 Å². The molecule has 0 aliphatic carbocycles. The van der Waals surface area contributed by atoms with E-state index in [9.17, 15) is 0 Å². The average Bonchev–Trinajstić information content (AvgIpc) is 0.644. The summed E-state index contributed by atoms with van der Waals surface area (Å²) < 4.78 is 46.6. The van der Waals surface area contributed by atoms with Crippen LogP contribution in [-0.4, -0.2) is 92.5 Å². The van der Waals surface area contributed by atoms with Gasteiger partial charge in [-0.05, 0) is 251 Å². The summed E-state index contributed by atoms with van der Waals surface area (Å²) in [7, 11) is 3.38. The Morgan fingerprint density at radius 3 is 0.863 bits per heavy atom. The van der Waals surface area contributed by atoms with Crippen molar-refractivity contribution in [2.24, 2.45) is 0 Å². The first-order valence-corrected chi connectivity index (χ1v) is 39.4. The molecule has 0 aliphatic heterocycles. The van der Waals surface area contributed by atoms with E-state index in [2.05, 4.69) is 161 Å². The second-order valence-electron chi connectivity index (χ2n) is 29.8. The van der Waals surface area contributed by atoms with Crippen molar-refractivity contribution in [2.45, 2.75) is 181 Å². The van der Waals surface area contributed by atoms with Crippen molar-refractivity contribution in [3.8, 4) is 33.8 Å². The minimum absolute atomic E-state index is 0.0965. The quantitative estimate of drug-likeness (QED) is 0.0212. The number of hydrogen-bond acceptors (Lipinski definition) is 8. The highest BCUT2D eigenvalue weighted by Gasteiger charge is 2.33. The van der Waals surface area contributed by atoms with Crippen molar-refractivity contribution < 1.29 is 37.9 Å². The topological polar surface area (TPSA) is 73.8 Å². The molecule has 15 rings (SSSR count). The number of benzene rings is 15. The molecule has 0 fully saturated rings. The molecule has 15 aromatic carbocycles. The maximum atomic E-state index is 6.41. The van der Waals surface area contributed by atoms with Gasteiger partial charge in [0.1, 0.15) is 24.7 Å². The molecule has 0 heterocycles. The molecular formula is C94H106O8. The zero-order valence-electron chi connectivity index (χ0n) is 61.7. The molecule has 0 aliphatic rings. The Kier molecular flexibility index (Phi) is 22.4. The Morgan fingerprint density at radius 1 is 0.265 bits per heavy atom. The van der Waals surface area contributed by atoms with Gasteiger partial charge in [0.05, 0.1) is 65.1 Å². The van der Waals surface area contributed by atoms with Crippen LogP contribution in [0.4, 0.5) is 0 Å². The van der Waals surface area contributed by atoms with Crippen molar-refractivity contribution in [2.75, 3.05) is 80.3 Å². The lowest BCUT2D eigenvalue weighted by atomic mass is 9.72. The molecule has 0 bridgehead atoms. The molecule has 0 aromatic heterocycles. The van der Waals surface area contributed by atoms with Gasteiger partial charge in [0.2, 0.25) is 0 Å². The van der Waals surface area contributed by atoms with E-state index in [0.717, 1.165) is 35.5 Å². The van der Waals surface area contributed by atoms with E-state index in [1.165, 1.54) is 280 Å². The Balaban J connectivity index is 0.902. The van der Waals surface area contributed by atoms with Gasteiger partial charge in [0, 0.05) is 14.2 Å². The summed E-state index contributed by atoms with van der Waals surface area (Å²) in [4.78, 5) is 0. The predicted octanol–water partition coefficient (Wildman–Crippen LogP) is 25.3. The highest BCUT2D eigenvalue weighted by atomic mass is 16.6. The standard InChI is InChI=1S/C94H106O8/c1-7-9-11-13-15-17-19-21-23-25-29-63-51-75-71-31-27-33-73-79-55-67(65-35-39-69(40-36-65)101-59-61(3)99-49-47-97-45-43-95-5)57-81-82-58-68(66-37-41-70(42-38-66)102-60-62(4)100-50-48-98-46-44-96-6)56-80-74-34-28-32-72-76-52-64(30-26-24-22-20-18-16-14-12-10-8-2)54-78-77(53-63)85(75)91-89(83(71)73)93(87(79)81)94(88(80)82)90(84(72)74)92(91)86(76)78/h27-28,31-42,51-58,61-62H,7-26,29-30,43-50,59-60H2,1-6H3/t61-,62-/m1/s1. The number of rotatable bonds is 44. The van der Waals surface area contributed by atoms with Crippen LogP contribution in [0.15, 0.2) is 133 Å². The van der Waals surface area contributed by atoms with Crippen LogP contribution < -0.4 is 9.47 Å². The fourth-order valence-corrected chi connectivity index (χ4v) is 17.6. The van der Waals surface area contributed by atoms with Crippen LogP contribution in [0.2, 0.25) is 0 Å². The number of fused-ring (bicyclic) bond motifs is 6. The number of methoxy groups -OCH3 is 2. The van der Waals surface area contributed by atoms with Gasteiger partial charge in [-0.15, -0.1) is 0 Å². The number of hydrogen-bond donors (Lipinski definition) is 0. The van der Waals surface area contributed by atoms with E-state index >= 15 is 0 Å². The van der Waals surface area contributed by atoms with Gasteiger partial charge in [-0.2, -0.15) is 0 Å². The molecule has 8 heteroatoms. The van der Waals surface area contributed by atoms with Crippen molar-refractivity contribution in [1.82, 2.24) is 0 Å². The lowest BCUT2D eigenvalue weighted by molar-refractivity contribution is -0.0144. The Morgan fingerprint density at radius 2 is 0.539 bits per heavy atom. The maximum Gasteiger partial charge on any atom is 0.119 e. The third kappa shape index (κ3) is 14.0. The van der Waals surface area contributed by atoms with Crippen molar-refractivity contribution in [1.29, 1.82) is 0 Å². The number of aryl methyl sites for hydroxylation is 2. The minimum Gasteiger partial charge on any atom is -0.491 e. The van der Waals surface area contributed by atoms with Crippen LogP contribution in [0.1, 0.15) is 167 Å². The lowest BCUT2D eigenvalue weighted by Crippen LogP contribution is -2.20. The van der Waals surface area contributed by atoms with Gasteiger partial charge in [-0.25, -0.2) is 0 Å². The SMILES string of the molecule is CCCCCCCCCCCCc1cc2c3cccc4c5cc(-c6ccc(OC[C@@H](C)OCCOCCOC)cc6)cc6c7cc(-c8ccc(OC[C@@H](C)OCCOCCOC)cc8)cc8c9cccc%10c%11cc(CCCCCCCCCCCC)cc%12c(c1)c2c1c(c34)c(c56)c(c87)c(c%109)c1c%11%12. The van der Waals surface area contributed by atoms with E-state index in [-0.39, 0.29) is 12.2 Å². The van der Waals surface area contributed by atoms with Gasteiger partial charge in [-0.1, -0.05) is 214 Å². The molecule has 0 N–H and O–H groups in total. The third-order valence-corrected chi connectivity index (χ3v) is 22.6. The lowest BCUT2D eigenvalue weighted by Gasteiger charge is -2.30. The average molecular weight is 1360 g/mol. The van der Waals surface area contributed by atoms with E-state index in [1.807, 2.05) is 0 Å². The summed E-state index contributed by atoms with van der Waals surface area (Å²) in [5.74, 6) is 1.64. The Hall–Kier alpha value is -7.66. The second-order valence-corrected chi connectivity index (χ2v) is 29.8. The summed E-state index contributed by atoms with van der Waals surface area (Å²) in [5.41, 5.74) is 7.62. The smallest absolute Gasteiger partial charge is 0.119 e. The van der Waals surface area contributed by atoms with Crippen LogP contribution in [0, 0.1) is 0 Å². The molecule has 0 saturated heterocycles. The summed E-state index contributed by atoms with van der Waals surface area (Å²) in [6, 6.07) is 52.9. The Labute approximate surface area is 603 Å². The van der Waals surface area contributed by atoms with Crippen LogP contribution in [0.25, 0.3) is 152 Å². The minimum atomic E-state index is -0.0965. The highest BCUT2D eigenvalue weighted by Crippen LogP contribution is 2.61. The van der Waals surface area contributed by atoms with E-state index in [1.54, 1.807) is 14.2 Å². The van der Waals surface area contributed by atoms with Crippen LogP contribution in [-0.2, 0) is 41.3 Å². The molecule has 0 saturated carbocycles. The molecule has 102 heavy (non-hydrogen) atoms. The third-order valence-electron chi connectivity index (χ3n) is 22.6. The molecule has 0 unspecified atom stereocenters. The summed E-state index contributed by atoms with van der Waals surface area (Å²) >= 11 is 0. The van der Waals surface area contributed by atoms with Crippen molar-refractivity contribution in [3.05, 3.63) is 145 Å². The van der Waals surface area contributed by atoms with Crippen molar-refractivity contribution >= 4 is 129 Å². The number of unbranched alkanes of at least 4 members (excludes halogenated alkanes) is 18. The maximum absolute atomic E-state index is 6.41. The first kappa shape index (κ1) is 70.0. The molecule has 0 radical (unpaired) electrons. The van der Waals surface area contributed by atoms with Gasteiger partial charge in [0.25, 0.3) is 0 Å². The van der Waals surface area contributed by atoms with Gasteiger partial charge < -0.3 is 37.9 Å². The van der Waals surface area contributed by atoms with Gasteiger partial charge >= 0.3 is 0 Å².